The van der Waals surface area contributed by atoms with Crippen LogP contribution in [0.15, 0.2) is 9.59 Å². The normalized spacial score (nSPS) is 26.8. The Kier molecular flexibility index (Phi) is 5.24. The fourth-order valence-electron chi connectivity index (χ4n) is 2.22. The molecule has 2 heterocycles. The van der Waals surface area contributed by atoms with Gasteiger partial charge in [0.05, 0.1) is 6.61 Å². The average Bonchev–Trinajstić information content (AvgIpc) is 2.75. The Balaban J connectivity index is 2.44. The van der Waals surface area contributed by atoms with E-state index < -0.39 is 67.7 Å². The number of aliphatic hydroxyl groups is 2. The third-order valence-corrected chi connectivity index (χ3v) is 3.77. The molecule has 0 amide bonds. The number of rotatable bonds is 5. The molecule has 13 nitrogen and oxygen atoms in total. The second-order valence-electron chi connectivity index (χ2n) is 4.93. The predicted molar refractivity (Wildman–Crippen MR) is 72.2 cm³/mol. The highest BCUT2D eigenvalue weighted by atomic mass is 31.2. The Morgan fingerprint density at radius 3 is 2.44 bits per heavy atom. The van der Waals surface area contributed by atoms with Crippen molar-refractivity contribution in [1.29, 1.82) is 0 Å². The van der Waals surface area contributed by atoms with Crippen LogP contribution in [0.2, 0.25) is 0 Å². The van der Waals surface area contributed by atoms with E-state index in [-0.39, 0.29) is 4.57 Å². The molecular formula is C10H12FN2O11P. The molecule has 0 unspecified atom stereocenters. The van der Waals surface area contributed by atoms with E-state index in [9.17, 15) is 33.6 Å². The topological polar surface area (TPSA) is 209 Å². The number of aromatic amines is 1. The van der Waals surface area contributed by atoms with Crippen molar-refractivity contribution in [2.24, 2.45) is 0 Å². The van der Waals surface area contributed by atoms with E-state index in [1.54, 1.807) is 0 Å². The Morgan fingerprint density at radius 1 is 1.32 bits per heavy atom. The summed E-state index contributed by atoms with van der Waals surface area (Å²) in [5.74, 6) is -3.87. The third-order valence-electron chi connectivity index (χ3n) is 3.29. The molecule has 1 saturated heterocycles. The van der Waals surface area contributed by atoms with Crippen molar-refractivity contribution in [2.45, 2.75) is 24.5 Å². The summed E-state index contributed by atoms with van der Waals surface area (Å²) in [7, 11) is -4.95. The number of halogens is 1. The summed E-state index contributed by atoms with van der Waals surface area (Å²) in [6.45, 7) is -0.929. The number of phosphoric ester groups is 1. The predicted octanol–water partition coefficient (Wildman–Crippen LogP) is -2.90. The number of phosphoric acid groups is 1. The highest BCUT2D eigenvalue weighted by molar-refractivity contribution is 7.46. The molecule has 1 aromatic heterocycles. The third kappa shape index (κ3) is 3.85. The minimum atomic E-state index is -4.95. The molecule has 2 rings (SSSR count). The number of aromatic carboxylic acids is 1. The van der Waals surface area contributed by atoms with Crippen molar-refractivity contribution in [1.82, 2.24) is 9.55 Å². The maximum absolute atomic E-state index is 13.8. The Morgan fingerprint density at radius 2 is 1.92 bits per heavy atom. The van der Waals surface area contributed by atoms with Crippen molar-refractivity contribution in [2.75, 3.05) is 6.61 Å². The van der Waals surface area contributed by atoms with Gasteiger partial charge in [-0.1, -0.05) is 0 Å². The van der Waals surface area contributed by atoms with Crippen LogP contribution in [-0.4, -0.2) is 65.5 Å². The first-order valence-electron chi connectivity index (χ1n) is 6.43. The molecule has 0 bridgehead atoms. The largest absolute Gasteiger partial charge is 0.476 e. The summed E-state index contributed by atoms with van der Waals surface area (Å²) in [5, 5.41) is 28.7. The van der Waals surface area contributed by atoms with E-state index in [1.165, 1.54) is 4.98 Å². The SMILES string of the molecule is O=C(O)c1c(F)c(=O)[nH]c(=O)n1[C@@H]1O[C@H](COP(=O)(O)O)[C@@H](O)[C@H]1O. The lowest BCUT2D eigenvalue weighted by atomic mass is 10.1. The van der Waals surface area contributed by atoms with Gasteiger partial charge < -0.3 is 29.8 Å². The van der Waals surface area contributed by atoms with Gasteiger partial charge in [-0.3, -0.25) is 18.9 Å². The number of H-pyrrole nitrogens is 1. The van der Waals surface area contributed by atoms with Gasteiger partial charge in [-0.25, -0.2) is 14.2 Å². The smallest absolute Gasteiger partial charge is 0.469 e. The molecule has 0 aromatic carbocycles. The van der Waals surface area contributed by atoms with Crippen LogP contribution in [0.3, 0.4) is 0 Å². The molecular weight excluding hydrogens is 374 g/mol. The molecule has 1 aliphatic heterocycles. The summed E-state index contributed by atoms with van der Waals surface area (Å²) in [6, 6.07) is 0. The molecule has 1 aliphatic rings. The van der Waals surface area contributed by atoms with Crippen LogP contribution < -0.4 is 11.2 Å². The zero-order valence-corrected chi connectivity index (χ0v) is 12.9. The quantitative estimate of drug-likeness (QED) is 0.283. The average molecular weight is 386 g/mol. The fraction of sp³-hybridized carbons (Fsp3) is 0.500. The molecule has 1 fully saturated rings. The Hall–Kier alpha value is -1.93. The fourth-order valence-corrected chi connectivity index (χ4v) is 2.56. The highest BCUT2D eigenvalue weighted by Crippen LogP contribution is 2.38. The van der Waals surface area contributed by atoms with Gasteiger partial charge in [-0.2, -0.15) is 4.39 Å². The van der Waals surface area contributed by atoms with Crippen LogP contribution in [0.25, 0.3) is 0 Å². The maximum atomic E-state index is 13.8. The molecule has 0 radical (unpaired) electrons. The first kappa shape index (κ1) is 19.4. The molecule has 0 spiro atoms. The number of hydrogen-bond donors (Lipinski definition) is 6. The molecule has 4 atom stereocenters. The van der Waals surface area contributed by atoms with Crippen LogP contribution >= 0.6 is 7.82 Å². The molecule has 6 N–H and O–H groups in total. The molecule has 1 aromatic rings. The second kappa shape index (κ2) is 6.76. The van der Waals surface area contributed by atoms with Crippen LogP contribution in [0, 0.1) is 5.82 Å². The zero-order valence-electron chi connectivity index (χ0n) is 12.0. The zero-order chi connectivity index (χ0) is 19.1. The summed E-state index contributed by atoms with van der Waals surface area (Å²) in [5.41, 5.74) is -4.49. The first-order chi connectivity index (χ1) is 11.4. The molecule has 0 aliphatic carbocycles. The van der Waals surface area contributed by atoms with Crippen molar-refractivity contribution < 1.29 is 48.1 Å². The van der Waals surface area contributed by atoms with Crippen molar-refractivity contribution in [3.63, 3.8) is 0 Å². The van der Waals surface area contributed by atoms with E-state index >= 15 is 0 Å². The highest BCUT2D eigenvalue weighted by Gasteiger charge is 2.46. The van der Waals surface area contributed by atoms with Crippen LogP contribution in [0.5, 0.6) is 0 Å². The minimum absolute atomic E-state index is 0.0600. The van der Waals surface area contributed by atoms with Crippen molar-refractivity contribution >= 4 is 13.8 Å². The Labute approximate surface area is 136 Å². The summed E-state index contributed by atoms with van der Waals surface area (Å²) >= 11 is 0. The van der Waals surface area contributed by atoms with Gasteiger partial charge in [0.2, 0.25) is 5.82 Å². The van der Waals surface area contributed by atoms with Gasteiger partial charge in [0.15, 0.2) is 11.9 Å². The lowest BCUT2D eigenvalue weighted by molar-refractivity contribution is -0.0560. The first-order valence-corrected chi connectivity index (χ1v) is 7.96. The number of carboxylic acid groups (broad SMARTS) is 1. The van der Waals surface area contributed by atoms with E-state index in [2.05, 4.69) is 4.52 Å². The van der Waals surface area contributed by atoms with Gasteiger partial charge >= 0.3 is 19.5 Å². The van der Waals surface area contributed by atoms with Gasteiger partial charge in [0.25, 0.3) is 5.56 Å². The van der Waals surface area contributed by atoms with Crippen molar-refractivity contribution in [3.8, 4) is 0 Å². The monoisotopic (exact) mass is 386 g/mol. The van der Waals surface area contributed by atoms with Crippen LogP contribution in [-0.2, 0) is 13.8 Å². The van der Waals surface area contributed by atoms with E-state index in [0.717, 1.165) is 0 Å². The number of carbonyl (C=O) groups is 1. The van der Waals surface area contributed by atoms with Gasteiger partial charge in [0.1, 0.15) is 18.3 Å². The number of aromatic nitrogens is 2. The summed E-state index contributed by atoms with van der Waals surface area (Å²) < 4.78 is 33.6. The standard InChI is InChI=1S/C10H12FN2O11P/c11-3-4(9(17)18)13(10(19)12-7(3)16)8-6(15)5(14)2(24-8)1-23-25(20,21)22/h2,5-6,8,14-15H,1H2,(H,17,18)(H,12,16,19)(H2,20,21,22)/t2-,5-,6-,8-/m1/s1. The lowest BCUT2D eigenvalue weighted by Crippen LogP contribution is -2.42. The lowest BCUT2D eigenvalue weighted by Gasteiger charge is -2.19. The molecule has 15 heteroatoms. The number of ether oxygens (including phenoxy) is 1. The minimum Gasteiger partial charge on any atom is -0.476 e. The second-order valence-corrected chi connectivity index (χ2v) is 6.17. The van der Waals surface area contributed by atoms with Crippen LogP contribution in [0.1, 0.15) is 16.7 Å². The number of hydrogen-bond acceptors (Lipinski definition) is 8. The number of nitrogens with one attached hydrogen (secondary N) is 1. The van der Waals surface area contributed by atoms with Crippen LogP contribution in [0.4, 0.5) is 4.39 Å². The number of nitrogens with zero attached hydrogens (tertiary/aromatic N) is 1. The van der Waals surface area contributed by atoms with Crippen molar-refractivity contribution in [3.05, 3.63) is 32.3 Å². The van der Waals surface area contributed by atoms with E-state index in [1.807, 2.05) is 0 Å². The van der Waals surface area contributed by atoms with Gasteiger partial charge in [-0.05, 0) is 0 Å². The Bertz CT molecular complexity index is 844. The van der Waals surface area contributed by atoms with E-state index in [4.69, 9.17) is 19.6 Å². The summed E-state index contributed by atoms with van der Waals surface area (Å²) in [6.07, 6.45) is -7.41. The molecule has 0 saturated carbocycles. The molecule has 25 heavy (non-hydrogen) atoms. The maximum Gasteiger partial charge on any atom is 0.469 e. The van der Waals surface area contributed by atoms with Gasteiger partial charge in [0, 0.05) is 0 Å². The molecule has 140 valence electrons. The van der Waals surface area contributed by atoms with E-state index in [0.29, 0.717) is 0 Å². The summed E-state index contributed by atoms with van der Waals surface area (Å²) in [4.78, 5) is 52.9. The van der Waals surface area contributed by atoms with Gasteiger partial charge in [-0.15, -0.1) is 0 Å². The number of aliphatic hydroxyl groups excluding tert-OH is 2. The number of carboxylic acids is 1.